The first kappa shape index (κ1) is 19.8. The lowest BCUT2D eigenvalue weighted by atomic mass is 10.1. The van der Waals surface area contributed by atoms with Gasteiger partial charge in [-0.05, 0) is 25.1 Å². The van der Waals surface area contributed by atoms with Gasteiger partial charge in [-0.1, -0.05) is 52.8 Å². The number of carbonyl (C=O) groups is 1. The highest BCUT2D eigenvalue weighted by atomic mass is 32.2. The zero-order valence-electron chi connectivity index (χ0n) is 16.2. The summed E-state index contributed by atoms with van der Waals surface area (Å²) in [5.41, 5.74) is 2.37. The van der Waals surface area contributed by atoms with Crippen molar-refractivity contribution in [2.24, 2.45) is 7.05 Å². The number of nitrogens with zero attached hydrogens (tertiary/aromatic N) is 5. The summed E-state index contributed by atoms with van der Waals surface area (Å²) in [5.74, 6) is 0.473. The van der Waals surface area contributed by atoms with Crippen molar-refractivity contribution in [1.29, 1.82) is 0 Å². The maximum Gasteiger partial charge on any atom is 0.296 e. The van der Waals surface area contributed by atoms with E-state index in [1.165, 1.54) is 30.0 Å². The minimum absolute atomic E-state index is 0.0843. The standard InChI is InChI=1S/C20H17FN6O2S/c1-12-6-8-13(9-7-12)17-23-19(29-26-17)18-24-25-20(27(18)2)30-11-16(28)22-15-5-3-4-14(21)10-15/h3-10H,11H2,1-2H3,(H,22,28). The Morgan fingerprint density at radius 2 is 2.00 bits per heavy atom. The number of aromatic nitrogens is 5. The van der Waals surface area contributed by atoms with Crippen molar-refractivity contribution >= 4 is 23.4 Å². The second-order valence-electron chi connectivity index (χ2n) is 6.50. The van der Waals surface area contributed by atoms with Crippen LogP contribution in [-0.4, -0.2) is 36.6 Å². The van der Waals surface area contributed by atoms with E-state index >= 15 is 0 Å². The number of hydrogen-bond donors (Lipinski definition) is 1. The molecule has 0 atom stereocenters. The summed E-state index contributed by atoms with van der Waals surface area (Å²) in [5, 5.41) is 15.3. The van der Waals surface area contributed by atoms with Crippen molar-refractivity contribution in [1.82, 2.24) is 24.9 Å². The average molecular weight is 424 g/mol. The molecular formula is C20H17FN6O2S. The van der Waals surface area contributed by atoms with E-state index in [1.54, 1.807) is 17.7 Å². The molecule has 0 aliphatic heterocycles. The number of carbonyl (C=O) groups excluding carboxylic acids is 1. The Bertz CT molecular complexity index is 1190. The normalized spacial score (nSPS) is 10.9. The minimum Gasteiger partial charge on any atom is -0.330 e. The summed E-state index contributed by atoms with van der Waals surface area (Å²) in [6.45, 7) is 2.00. The quantitative estimate of drug-likeness (QED) is 0.471. The van der Waals surface area contributed by atoms with Crippen LogP contribution in [0.1, 0.15) is 5.56 Å². The Balaban J connectivity index is 1.42. The fourth-order valence-electron chi connectivity index (χ4n) is 2.65. The molecule has 1 amide bonds. The van der Waals surface area contributed by atoms with Crippen molar-refractivity contribution in [3.05, 3.63) is 59.9 Å². The number of rotatable bonds is 6. The predicted octanol–water partition coefficient (Wildman–Crippen LogP) is 3.71. The van der Waals surface area contributed by atoms with Gasteiger partial charge in [-0.2, -0.15) is 4.98 Å². The Hall–Kier alpha value is -3.53. The van der Waals surface area contributed by atoms with Crippen molar-refractivity contribution in [3.63, 3.8) is 0 Å². The number of amides is 1. The van der Waals surface area contributed by atoms with Gasteiger partial charge in [-0.3, -0.25) is 4.79 Å². The first-order valence-electron chi connectivity index (χ1n) is 8.98. The van der Waals surface area contributed by atoms with Crippen LogP contribution in [0.3, 0.4) is 0 Å². The lowest BCUT2D eigenvalue weighted by molar-refractivity contribution is -0.113. The van der Waals surface area contributed by atoms with Crippen molar-refractivity contribution in [3.8, 4) is 23.1 Å². The summed E-state index contributed by atoms with van der Waals surface area (Å²) < 4.78 is 20.2. The molecule has 2 aromatic heterocycles. The third-order valence-corrected chi connectivity index (χ3v) is 5.22. The van der Waals surface area contributed by atoms with Crippen LogP contribution < -0.4 is 5.32 Å². The molecule has 1 N–H and O–H groups in total. The van der Waals surface area contributed by atoms with E-state index in [9.17, 15) is 9.18 Å². The molecule has 0 radical (unpaired) electrons. The molecule has 152 valence electrons. The number of nitrogens with one attached hydrogen (secondary N) is 1. The largest absolute Gasteiger partial charge is 0.330 e. The van der Waals surface area contributed by atoms with Crippen LogP contribution in [0.2, 0.25) is 0 Å². The van der Waals surface area contributed by atoms with Gasteiger partial charge in [-0.25, -0.2) is 4.39 Å². The summed E-state index contributed by atoms with van der Waals surface area (Å²) in [4.78, 5) is 16.5. The van der Waals surface area contributed by atoms with E-state index < -0.39 is 5.82 Å². The van der Waals surface area contributed by atoms with E-state index in [0.717, 1.165) is 11.1 Å². The van der Waals surface area contributed by atoms with E-state index in [2.05, 4.69) is 25.7 Å². The van der Waals surface area contributed by atoms with Crippen LogP contribution >= 0.6 is 11.8 Å². The number of thioether (sulfide) groups is 1. The van der Waals surface area contributed by atoms with Crippen LogP contribution in [0.25, 0.3) is 23.1 Å². The van der Waals surface area contributed by atoms with Crippen LogP contribution in [-0.2, 0) is 11.8 Å². The molecule has 0 saturated heterocycles. The van der Waals surface area contributed by atoms with E-state index in [-0.39, 0.29) is 17.6 Å². The molecule has 10 heteroatoms. The van der Waals surface area contributed by atoms with Gasteiger partial charge in [-0.15, -0.1) is 10.2 Å². The number of hydrogen-bond acceptors (Lipinski definition) is 7. The van der Waals surface area contributed by atoms with Gasteiger partial charge in [0, 0.05) is 18.3 Å². The lowest BCUT2D eigenvalue weighted by Crippen LogP contribution is -2.14. The zero-order chi connectivity index (χ0) is 21.1. The SMILES string of the molecule is Cc1ccc(-c2noc(-c3nnc(SCC(=O)Nc4cccc(F)c4)n3C)n2)cc1. The molecule has 0 saturated carbocycles. The van der Waals surface area contributed by atoms with E-state index in [0.29, 0.717) is 22.5 Å². The van der Waals surface area contributed by atoms with Crippen molar-refractivity contribution in [2.45, 2.75) is 12.1 Å². The molecule has 4 rings (SSSR count). The smallest absolute Gasteiger partial charge is 0.296 e. The molecule has 0 spiro atoms. The molecular weight excluding hydrogens is 407 g/mol. The summed E-state index contributed by atoms with van der Waals surface area (Å²) in [6.07, 6.45) is 0. The second kappa shape index (κ2) is 8.46. The third-order valence-electron chi connectivity index (χ3n) is 4.20. The molecule has 2 heterocycles. The van der Waals surface area contributed by atoms with Gasteiger partial charge < -0.3 is 14.4 Å². The summed E-state index contributed by atoms with van der Waals surface area (Å²) >= 11 is 1.19. The maximum absolute atomic E-state index is 13.2. The van der Waals surface area contributed by atoms with Gasteiger partial charge in [0.05, 0.1) is 5.75 Å². The van der Waals surface area contributed by atoms with Gasteiger partial charge in [0.2, 0.25) is 17.6 Å². The first-order valence-corrected chi connectivity index (χ1v) is 9.97. The lowest BCUT2D eigenvalue weighted by Gasteiger charge is -2.05. The number of anilines is 1. The highest BCUT2D eigenvalue weighted by molar-refractivity contribution is 7.99. The molecule has 0 aliphatic carbocycles. The molecule has 30 heavy (non-hydrogen) atoms. The molecule has 0 fully saturated rings. The van der Waals surface area contributed by atoms with E-state index in [4.69, 9.17) is 4.52 Å². The molecule has 8 nitrogen and oxygen atoms in total. The molecule has 0 aliphatic rings. The van der Waals surface area contributed by atoms with Gasteiger partial charge in [0.15, 0.2) is 5.16 Å². The van der Waals surface area contributed by atoms with Crippen molar-refractivity contribution < 1.29 is 13.7 Å². The predicted molar refractivity (Wildman–Crippen MR) is 110 cm³/mol. The monoisotopic (exact) mass is 424 g/mol. The minimum atomic E-state index is -0.414. The zero-order valence-corrected chi connectivity index (χ0v) is 17.0. The van der Waals surface area contributed by atoms with Gasteiger partial charge in [0.1, 0.15) is 5.82 Å². The van der Waals surface area contributed by atoms with Crippen LogP contribution in [0, 0.1) is 12.7 Å². The number of aryl methyl sites for hydroxylation is 1. The first-order chi connectivity index (χ1) is 14.5. The summed E-state index contributed by atoms with van der Waals surface area (Å²) in [7, 11) is 1.75. The number of halogens is 1. The second-order valence-corrected chi connectivity index (χ2v) is 7.44. The molecule has 2 aromatic carbocycles. The van der Waals surface area contributed by atoms with Crippen molar-refractivity contribution in [2.75, 3.05) is 11.1 Å². The van der Waals surface area contributed by atoms with Crippen LogP contribution in [0.15, 0.2) is 58.2 Å². The molecule has 4 aromatic rings. The van der Waals surface area contributed by atoms with Crippen LogP contribution in [0.4, 0.5) is 10.1 Å². The van der Waals surface area contributed by atoms with Gasteiger partial charge in [0.25, 0.3) is 5.89 Å². The van der Waals surface area contributed by atoms with Crippen LogP contribution in [0.5, 0.6) is 0 Å². The maximum atomic E-state index is 13.2. The summed E-state index contributed by atoms with van der Waals surface area (Å²) in [6, 6.07) is 13.5. The molecule has 0 bridgehead atoms. The number of benzene rings is 2. The fourth-order valence-corrected chi connectivity index (χ4v) is 3.37. The Kier molecular flexibility index (Phi) is 5.57. The third kappa shape index (κ3) is 4.38. The highest BCUT2D eigenvalue weighted by Gasteiger charge is 2.19. The topological polar surface area (TPSA) is 98.7 Å². The van der Waals surface area contributed by atoms with E-state index in [1.807, 2.05) is 31.2 Å². The Morgan fingerprint density at radius 3 is 2.77 bits per heavy atom. The Labute approximate surface area is 175 Å². The average Bonchev–Trinajstić information content (AvgIpc) is 3.34. The molecule has 0 unspecified atom stereocenters. The highest BCUT2D eigenvalue weighted by Crippen LogP contribution is 2.24. The fraction of sp³-hybridized carbons (Fsp3) is 0.150. The Morgan fingerprint density at radius 1 is 1.20 bits per heavy atom. The van der Waals surface area contributed by atoms with Gasteiger partial charge >= 0.3 is 0 Å².